The second-order valence-corrected chi connectivity index (χ2v) is 7.67. The molecule has 1 aliphatic rings. The number of ether oxygens (including phenoxy) is 1. The minimum atomic E-state index is -0.495. The number of carbonyl (C=O) groups is 2. The van der Waals surface area contributed by atoms with Gasteiger partial charge in [-0.3, -0.25) is 14.5 Å². The molecule has 0 saturated heterocycles. The second kappa shape index (κ2) is 8.73. The second-order valence-electron chi connectivity index (χ2n) is 6.57. The van der Waals surface area contributed by atoms with Crippen LogP contribution in [0.15, 0.2) is 24.3 Å². The van der Waals surface area contributed by atoms with E-state index in [9.17, 15) is 9.59 Å². The van der Waals surface area contributed by atoms with Gasteiger partial charge < -0.3 is 15.8 Å². The maximum absolute atomic E-state index is 12.6. The van der Waals surface area contributed by atoms with E-state index in [1.54, 1.807) is 31.4 Å². The SMILES string of the molecule is COc1ccc(C(=O)Nc2sc3c(c2C(N)=O)CCN(C(C)C)C3)cc1.Cl. The number of methoxy groups -OCH3 is 1. The highest BCUT2D eigenvalue weighted by Gasteiger charge is 2.28. The number of primary amides is 1. The summed E-state index contributed by atoms with van der Waals surface area (Å²) in [6.07, 6.45) is 0.765. The number of hydrogen-bond acceptors (Lipinski definition) is 5. The number of nitrogens with zero attached hydrogens (tertiary/aromatic N) is 1. The van der Waals surface area contributed by atoms with Gasteiger partial charge in [0.1, 0.15) is 10.8 Å². The first kappa shape index (κ1) is 21.2. The average Bonchev–Trinajstić information content (AvgIpc) is 2.98. The van der Waals surface area contributed by atoms with E-state index in [-0.39, 0.29) is 18.3 Å². The molecule has 3 N–H and O–H groups in total. The Morgan fingerprint density at radius 2 is 1.93 bits per heavy atom. The fourth-order valence-electron chi connectivity index (χ4n) is 3.13. The normalized spacial score (nSPS) is 13.6. The highest BCUT2D eigenvalue weighted by molar-refractivity contribution is 7.17. The fourth-order valence-corrected chi connectivity index (χ4v) is 4.40. The van der Waals surface area contributed by atoms with Gasteiger partial charge in [0.25, 0.3) is 11.8 Å². The molecular formula is C19H24ClN3O3S. The predicted molar refractivity (Wildman–Crippen MR) is 110 cm³/mol. The zero-order valence-corrected chi connectivity index (χ0v) is 17.2. The van der Waals surface area contributed by atoms with Crippen LogP contribution < -0.4 is 15.8 Å². The Balaban J connectivity index is 0.00000261. The molecule has 0 aliphatic carbocycles. The van der Waals surface area contributed by atoms with Gasteiger partial charge in [-0.2, -0.15) is 0 Å². The van der Waals surface area contributed by atoms with Gasteiger partial charge in [0, 0.05) is 29.6 Å². The first-order valence-corrected chi connectivity index (χ1v) is 9.36. The Hall–Kier alpha value is -2.09. The van der Waals surface area contributed by atoms with Crippen molar-refractivity contribution in [3.05, 3.63) is 45.8 Å². The van der Waals surface area contributed by atoms with Crippen LogP contribution in [0.1, 0.15) is 45.0 Å². The van der Waals surface area contributed by atoms with Crippen LogP contribution in [0.5, 0.6) is 5.75 Å². The summed E-state index contributed by atoms with van der Waals surface area (Å²) in [7, 11) is 1.57. The van der Waals surface area contributed by atoms with E-state index < -0.39 is 5.91 Å². The molecule has 0 bridgehead atoms. The van der Waals surface area contributed by atoms with Gasteiger partial charge in [-0.05, 0) is 50.1 Å². The van der Waals surface area contributed by atoms with Gasteiger partial charge in [0.15, 0.2) is 0 Å². The van der Waals surface area contributed by atoms with Gasteiger partial charge in [-0.15, -0.1) is 23.7 Å². The number of nitrogens with one attached hydrogen (secondary N) is 1. The molecule has 6 nitrogen and oxygen atoms in total. The first-order chi connectivity index (χ1) is 12.4. The standard InChI is InChI=1S/C19H23N3O3S.ClH/c1-11(2)22-9-8-14-15(10-22)26-19(16(14)17(20)23)21-18(24)12-4-6-13(25-3)7-5-12;/h4-7,11H,8-10H2,1-3H3,(H2,20,23)(H,21,24);1H. The van der Waals surface area contributed by atoms with Crippen molar-refractivity contribution in [1.82, 2.24) is 4.90 Å². The summed E-state index contributed by atoms with van der Waals surface area (Å²) in [5.41, 5.74) is 7.54. The molecule has 2 heterocycles. The summed E-state index contributed by atoms with van der Waals surface area (Å²) in [5, 5.41) is 3.40. The average molecular weight is 410 g/mol. The van der Waals surface area contributed by atoms with Crippen LogP contribution in [0, 0.1) is 0 Å². The van der Waals surface area contributed by atoms with E-state index in [0.29, 0.717) is 27.9 Å². The summed E-state index contributed by atoms with van der Waals surface area (Å²) in [6.45, 7) is 5.96. The number of amides is 2. The largest absolute Gasteiger partial charge is 0.497 e. The van der Waals surface area contributed by atoms with E-state index in [4.69, 9.17) is 10.5 Å². The van der Waals surface area contributed by atoms with Crippen molar-refractivity contribution in [3.63, 3.8) is 0 Å². The van der Waals surface area contributed by atoms with Crippen LogP contribution in [0.4, 0.5) is 5.00 Å². The molecule has 2 amide bonds. The highest BCUT2D eigenvalue weighted by atomic mass is 35.5. The lowest BCUT2D eigenvalue weighted by Gasteiger charge is -2.30. The lowest BCUT2D eigenvalue weighted by molar-refractivity contribution is 0.0999. The minimum Gasteiger partial charge on any atom is -0.497 e. The molecule has 0 fully saturated rings. The maximum Gasteiger partial charge on any atom is 0.256 e. The lowest BCUT2D eigenvalue weighted by atomic mass is 10.0. The number of carbonyl (C=O) groups excluding carboxylic acids is 2. The van der Waals surface area contributed by atoms with E-state index in [2.05, 4.69) is 24.1 Å². The van der Waals surface area contributed by atoms with Gasteiger partial charge in [0.05, 0.1) is 12.7 Å². The molecule has 0 spiro atoms. The van der Waals surface area contributed by atoms with Gasteiger partial charge >= 0.3 is 0 Å². The summed E-state index contributed by atoms with van der Waals surface area (Å²) in [5.74, 6) is -0.0836. The molecule has 3 rings (SSSR count). The molecule has 8 heteroatoms. The number of anilines is 1. The topological polar surface area (TPSA) is 84.7 Å². The molecule has 0 atom stereocenters. The van der Waals surface area contributed by atoms with Crippen LogP contribution in [0.25, 0.3) is 0 Å². The van der Waals surface area contributed by atoms with Crippen molar-refractivity contribution in [3.8, 4) is 5.75 Å². The molecule has 0 unspecified atom stereocenters. The summed E-state index contributed by atoms with van der Waals surface area (Å²) < 4.78 is 5.11. The Morgan fingerprint density at radius 3 is 2.48 bits per heavy atom. The van der Waals surface area contributed by atoms with Crippen molar-refractivity contribution in [2.75, 3.05) is 19.0 Å². The summed E-state index contributed by atoms with van der Waals surface area (Å²) in [4.78, 5) is 28.0. The molecule has 1 aromatic heterocycles. The Morgan fingerprint density at radius 1 is 1.26 bits per heavy atom. The minimum absolute atomic E-state index is 0. The zero-order chi connectivity index (χ0) is 18.8. The Kier molecular flexibility index (Phi) is 6.86. The maximum atomic E-state index is 12.6. The third kappa shape index (κ3) is 4.43. The van der Waals surface area contributed by atoms with E-state index >= 15 is 0 Å². The summed E-state index contributed by atoms with van der Waals surface area (Å²) >= 11 is 1.44. The van der Waals surface area contributed by atoms with Crippen LogP contribution in [-0.4, -0.2) is 36.4 Å². The third-order valence-electron chi connectivity index (χ3n) is 4.64. The zero-order valence-electron chi connectivity index (χ0n) is 15.6. The summed E-state index contributed by atoms with van der Waals surface area (Å²) in [6, 6.07) is 7.26. The van der Waals surface area contributed by atoms with Gasteiger partial charge in [-0.1, -0.05) is 0 Å². The van der Waals surface area contributed by atoms with Crippen molar-refractivity contribution < 1.29 is 14.3 Å². The van der Waals surface area contributed by atoms with Gasteiger partial charge in [0.2, 0.25) is 0 Å². The number of hydrogen-bond donors (Lipinski definition) is 2. The number of halogens is 1. The highest BCUT2D eigenvalue weighted by Crippen LogP contribution is 2.37. The Bertz CT molecular complexity index is 833. The molecule has 0 radical (unpaired) electrons. The molecule has 0 saturated carbocycles. The van der Waals surface area contributed by atoms with Crippen LogP contribution in [0.2, 0.25) is 0 Å². The number of thiophene rings is 1. The number of nitrogens with two attached hydrogens (primary N) is 1. The van der Waals surface area contributed by atoms with Crippen LogP contribution in [0.3, 0.4) is 0 Å². The Labute approximate surface area is 169 Å². The fraction of sp³-hybridized carbons (Fsp3) is 0.368. The van der Waals surface area contributed by atoms with Crippen LogP contribution >= 0.6 is 23.7 Å². The number of fused-ring (bicyclic) bond motifs is 1. The predicted octanol–water partition coefficient (Wildman–Crippen LogP) is 3.30. The third-order valence-corrected chi connectivity index (χ3v) is 5.77. The molecule has 1 aliphatic heterocycles. The molecule has 146 valence electrons. The van der Waals surface area contributed by atoms with Crippen molar-refractivity contribution >= 4 is 40.6 Å². The monoisotopic (exact) mass is 409 g/mol. The number of benzene rings is 1. The van der Waals surface area contributed by atoms with Crippen molar-refractivity contribution in [1.29, 1.82) is 0 Å². The first-order valence-electron chi connectivity index (χ1n) is 8.54. The lowest BCUT2D eigenvalue weighted by Crippen LogP contribution is -2.35. The molecule has 2 aromatic rings. The molecule has 1 aromatic carbocycles. The smallest absolute Gasteiger partial charge is 0.256 e. The van der Waals surface area contributed by atoms with E-state index in [1.165, 1.54) is 11.3 Å². The van der Waals surface area contributed by atoms with Gasteiger partial charge in [-0.25, -0.2) is 0 Å². The quantitative estimate of drug-likeness (QED) is 0.793. The van der Waals surface area contributed by atoms with Crippen molar-refractivity contribution in [2.24, 2.45) is 5.73 Å². The van der Waals surface area contributed by atoms with E-state index in [1.807, 2.05) is 0 Å². The molecule has 27 heavy (non-hydrogen) atoms. The van der Waals surface area contributed by atoms with Crippen LogP contribution in [-0.2, 0) is 13.0 Å². The van der Waals surface area contributed by atoms with Crippen molar-refractivity contribution in [2.45, 2.75) is 32.9 Å². The number of rotatable bonds is 5. The molecular weight excluding hydrogens is 386 g/mol. The van der Waals surface area contributed by atoms with E-state index in [0.717, 1.165) is 30.0 Å².